The fourth-order valence-corrected chi connectivity index (χ4v) is 4.18. The summed E-state index contributed by atoms with van der Waals surface area (Å²) in [5.41, 5.74) is 0. The summed E-state index contributed by atoms with van der Waals surface area (Å²) in [6.07, 6.45) is 2.62. The number of amides is 2. The second-order valence-electron chi connectivity index (χ2n) is 5.77. The summed E-state index contributed by atoms with van der Waals surface area (Å²) in [6, 6.07) is 3.49. The molecule has 0 aromatic carbocycles. The van der Waals surface area contributed by atoms with Crippen LogP contribution < -0.4 is 10.6 Å². The number of thiophene rings is 1. The second-order valence-corrected chi connectivity index (χ2v) is 7.72. The summed E-state index contributed by atoms with van der Waals surface area (Å²) < 4.78 is 0. The summed E-state index contributed by atoms with van der Waals surface area (Å²) >= 11 is 3.20. The van der Waals surface area contributed by atoms with Gasteiger partial charge in [0.15, 0.2) is 0 Å². The van der Waals surface area contributed by atoms with Gasteiger partial charge in [0.2, 0.25) is 11.8 Å². The maximum absolute atomic E-state index is 12.5. The maximum atomic E-state index is 12.5. The first-order valence-corrected chi connectivity index (χ1v) is 9.58. The third-order valence-electron chi connectivity index (χ3n) is 4.05. The molecule has 6 nitrogen and oxygen atoms in total. The van der Waals surface area contributed by atoms with Crippen LogP contribution in [0, 0.1) is 0 Å². The number of nitrogens with one attached hydrogen (secondary N) is 2. The fourth-order valence-electron chi connectivity index (χ4n) is 2.74. The summed E-state index contributed by atoms with van der Waals surface area (Å²) in [5, 5.41) is 10.7. The van der Waals surface area contributed by atoms with Crippen LogP contribution in [0.25, 0.3) is 0 Å². The van der Waals surface area contributed by atoms with E-state index in [4.69, 9.17) is 0 Å². The summed E-state index contributed by atoms with van der Waals surface area (Å²) in [4.78, 5) is 31.9. The van der Waals surface area contributed by atoms with Crippen LogP contribution in [-0.2, 0) is 16.0 Å². The molecule has 2 aromatic heterocycles. The van der Waals surface area contributed by atoms with E-state index in [9.17, 15) is 9.59 Å². The summed E-state index contributed by atoms with van der Waals surface area (Å²) in [5.74, 6) is -0.205. The molecule has 0 aliphatic carbocycles. The molecule has 2 atom stereocenters. The molecule has 0 bridgehead atoms. The zero-order chi connectivity index (χ0) is 16.9. The van der Waals surface area contributed by atoms with Crippen LogP contribution in [0.5, 0.6) is 0 Å². The number of aromatic nitrogens is 1. The van der Waals surface area contributed by atoms with E-state index >= 15 is 0 Å². The highest BCUT2D eigenvalue weighted by atomic mass is 32.1. The Hall–Kier alpha value is -1.77. The first-order chi connectivity index (χ1) is 11.6. The van der Waals surface area contributed by atoms with Gasteiger partial charge in [-0.05, 0) is 18.5 Å². The summed E-state index contributed by atoms with van der Waals surface area (Å²) in [7, 11) is 1.88. The second kappa shape index (κ2) is 7.87. The van der Waals surface area contributed by atoms with E-state index in [-0.39, 0.29) is 24.3 Å². The molecule has 1 saturated heterocycles. The lowest BCUT2D eigenvalue weighted by atomic mass is 10.1. The number of carbonyl (C=O) groups is 2. The van der Waals surface area contributed by atoms with Crippen molar-refractivity contribution < 1.29 is 9.59 Å². The van der Waals surface area contributed by atoms with Crippen LogP contribution in [0.15, 0.2) is 29.1 Å². The molecule has 2 amide bonds. The fraction of sp³-hybridized carbons (Fsp3) is 0.438. The largest absolute Gasteiger partial charge is 0.353 e. The Labute approximate surface area is 148 Å². The molecule has 0 spiro atoms. The molecule has 2 N–H and O–H groups in total. The Morgan fingerprint density at radius 1 is 1.50 bits per heavy atom. The van der Waals surface area contributed by atoms with Crippen molar-refractivity contribution in [1.29, 1.82) is 0 Å². The topological polar surface area (TPSA) is 74.3 Å². The molecule has 3 rings (SSSR count). The number of hydrogen-bond donors (Lipinski definition) is 2. The number of piperazine rings is 1. The standard InChI is InChI=1S/C16H20N4O2S2/c1-20-6-4-17-15(22)13(20)10-14(21)19-12(16-18-5-8-24-16)9-11-3-2-7-23-11/h2-3,5,7-8,12-13H,4,6,9-10H2,1H3,(H,17,22)(H,19,21)/t12-,13+/m0/s1. The van der Waals surface area contributed by atoms with Crippen molar-refractivity contribution in [3.8, 4) is 0 Å². The lowest BCUT2D eigenvalue weighted by Crippen LogP contribution is -2.55. The Balaban J connectivity index is 1.65. The number of nitrogens with zero attached hydrogens (tertiary/aromatic N) is 2. The molecule has 128 valence electrons. The van der Waals surface area contributed by atoms with Crippen LogP contribution in [0.2, 0.25) is 0 Å². The number of hydrogen-bond acceptors (Lipinski definition) is 6. The van der Waals surface area contributed by atoms with E-state index in [1.807, 2.05) is 28.8 Å². The van der Waals surface area contributed by atoms with Crippen LogP contribution in [0.4, 0.5) is 0 Å². The van der Waals surface area contributed by atoms with E-state index in [0.717, 1.165) is 11.6 Å². The van der Waals surface area contributed by atoms with Crippen molar-refractivity contribution in [2.75, 3.05) is 20.1 Å². The van der Waals surface area contributed by atoms with Crippen molar-refractivity contribution in [2.24, 2.45) is 0 Å². The molecule has 0 unspecified atom stereocenters. The number of carbonyl (C=O) groups excluding carboxylic acids is 2. The van der Waals surface area contributed by atoms with E-state index in [1.165, 1.54) is 16.2 Å². The molecular weight excluding hydrogens is 344 g/mol. The maximum Gasteiger partial charge on any atom is 0.237 e. The Morgan fingerprint density at radius 2 is 2.38 bits per heavy atom. The highest BCUT2D eigenvalue weighted by Crippen LogP contribution is 2.23. The molecule has 8 heteroatoms. The Morgan fingerprint density at radius 3 is 3.04 bits per heavy atom. The number of likely N-dealkylation sites (N-methyl/N-ethyl adjacent to an activating group) is 1. The molecule has 3 heterocycles. The molecular formula is C16H20N4O2S2. The van der Waals surface area contributed by atoms with Gasteiger partial charge in [0.25, 0.3) is 0 Å². The van der Waals surface area contributed by atoms with Gasteiger partial charge >= 0.3 is 0 Å². The van der Waals surface area contributed by atoms with Crippen molar-refractivity contribution >= 4 is 34.5 Å². The minimum absolute atomic E-state index is 0.0806. The van der Waals surface area contributed by atoms with E-state index in [1.54, 1.807) is 17.5 Å². The van der Waals surface area contributed by atoms with Crippen LogP contribution in [0.3, 0.4) is 0 Å². The smallest absolute Gasteiger partial charge is 0.237 e. The molecule has 1 aliphatic rings. The molecule has 0 radical (unpaired) electrons. The minimum atomic E-state index is -0.405. The monoisotopic (exact) mass is 364 g/mol. The summed E-state index contributed by atoms with van der Waals surface area (Å²) in [6.45, 7) is 1.39. The van der Waals surface area contributed by atoms with Crippen molar-refractivity contribution in [3.05, 3.63) is 39.0 Å². The quantitative estimate of drug-likeness (QED) is 0.813. The lowest BCUT2D eigenvalue weighted by Gasteiger charge is -2.31. The first kappa shape index (κ1) is 17.1. The van der Waals surface area contributed by atoms with Gasteiger partial charge in [0.1, 0.15) is 5.01 Å². The van der Waals surface area contributed by atoms with Crippen LogP contribution in [0.1, 0.15) is 22.3 Å². The van der Waals surface area contributed by atoms with Gasteiger partial charge in [-0.1, -0.05) is 6.07 Å². The number of rotatable bonds is 6. The van der Waals surface area contributed by atoms with Crippen molar-refractivity contribution in [3.63, 3.8) is 0 Å². The highest BCUT2D eigenvalue weighted by molar-refractivity contribution is 7.10. The minimum Gasteiger partial charge on any atom is -0.353 e. The molecule has 2 aromatic rings. The zero-order valence-corrected chi connectivity index (χ0v) is 15.0. The highest BCUT2D eigenvalue weighted by Gasteiger charge is 2.30. The van der Waals surface area contributed by atoms with Gasteiger partial charge in [0.05, 0.1) is 18.5 Å². The SMILES string of the molecule is CN1CCNC(=O)[C@H]1CC(=O)N[C@@H](Cc1cccs1)c1nccs1. The third-order valence-corrected chi connectivity index (χ3v) is 5.84. The van der Waals surface area contributed by atoms with Gasteiger partial charge < -0.3 is 10.6 Å². The van der Waals surface area contributed by atoms with Gasteiger partial charge in [-0.15, -0.1) is 22.7 Å². The lowest BCUT2D eigenvalue weighted by molar-refractivity contribution is -0.133. The normalized spacial score (nSPS) is 19.7. The van der Waals surface area contributed by atoms with E-state index < -0.39 is 6.04 Å². The number of thiazole rings is 1. The Bertz CT molecular complexity index is 672. The predicted octanol–water partition coefficient (Wildman–Crippen LogP) is 1.42. The molecule has 1 aliphatic heterocycles. The molecule has 0 saturated carbocycles. The molecule has 1 fully saturated rings. The van der Waals surface area contributed by atoms with Gasteiger partial charge in [-0.2, -0.15) is 0 Å². The van der Waals surface area contributed by atoms with Crippen molar-refractivity contribution in [1.82, 2.24) is 20.5 Å². The predicted molar refractivity (Wildman–Crippen MR) is 95.1 cm³/mol. The average molecular weight is 364 g/mol. The van der Waals surface area contributed by atoms with Gasteiger partial charge in [-0.3, -0.25) is 14.5 Å². The van der Waals surface area contributed by atoms with Crippen LogP contribution in [-0.4, -0.2) is 47.9 Å². The van der Waals surface area contributed by atoms with Crippen molar-refractivity contribution in [2.45, 2.75) is 24.9 Å². The zero-order valence-electron chi connectivity index (χ0n) is 13.4. The Kier molecular flexibility index (Phi) is 5.60. The van der Waals surface area contributed by atoms with E-state index in [2.05, 4.69) is 21.7 Å². The van der Waals surface area contributed by atoms with E-state index in [0.29, 0.717) is 13.0 Å². The average Bonchev–Trinajstić information content (AvgIpc) is 3.23. The van der Waals surface area contributed by atoms with Gasteiger partial charge in [0, 0.05) is 36.0 Å². The molecule has 24 heavy (non-hydrogen) atoms. The first-order valence-electron chi connectivity index (χ1n) is 7.82. The third kappa shape index (κ3) is 4.19. The van der Waals surface area contributed by atoms with Gasteiger partial charge in [-0.25, -0.2) is 4.98 Å². The van der Waals surface area contributed by atoms with Crippen LogP contribution >= 0.6 is 22.7 Å².